The largest absolute Gasteiger partial charge is 0.454 e. The van der Waals surface area contributed by atoms with Gasteiger partial charge in [-0.15, -0.1) is 0 Å². The van der Waals surface area contributed by atoms with Crippen molar-refractivity contribution in [2.45, 2.75) is 20.4 Å². The number of likely N-dealkylation sites (N-methyl/N-ethyl adjacent to an activating group) is 1. The highest BCUT2D eigenvalue weighted by molar-refractivity contribution is 5.97. The van der Waals surface area contributed by atoms with Crippen LogP contribution in [0.25, 0.3) is 16.7 Å². The average Bonchev–Trinajstić information content (AvgIpc) is 3.39. The summed E-state index contributed by atoms with van der Waals surface area (Å²) in [6.45, 7) is 8.08. The molecular formula is C27H28N6O4. The van der Waals surface area contributed by atoms with Gasteiger partial charge in [0.2, 0.25) is 6.79 Å². The number of piperazine rings is 1. The molecule has 1 N–H and O–H groups in total. The maximum absolute atomic E-state index is 13.7. The van der Waals surface area contributed by atoms with Crippen molar-refractivity contribution >= 4 is 22.6 Å². The molecule has 0 bridgehead atoms. The summed E-state index contributed by atoms with van der Waals surface area (Å²) in [6.07, 6.45) is 1.68. The first-order chi connectivity index (χ1) is 17.9. The lowest BCUT2D eigenvalue weighted by atomic mass is 10.1. The highest BCUT2D eigenvalue weighted by atomic mass is 16.7. The Morgan fingerprint density at radius 3 is 2.62 bits per heavy atom. The number of pyridine rings is 2. The molecule has 0 radical (unpaired) electrons. The zero-order chi connectivity index (χ0) is 25.7. The van der Waals surface area contributed by atoms with Crippen molar-refractivity contribution in [2.24, 2.45) is 0 Å². The van der Waals surface area contributed by atoms with Crippen molar-refractivity contribution in [3.05, 3.63) is 75.1 Å². The molecule has 6 rings (SSSR count). The van der Waals surface area contributed by atoms with E-state index in [0.29, 0.717) is 41.3 Å². The van der Waals surface area contributed by atoms with Crippen molar-refractivity contribution in [2.75, 3.05) is 39.5 Å². The minimum absolute atomic E-state index is 0.0259. The number of hydrogen-bond acceptors (Lipinski definition) is 7. The Hall–Kier alpha value is -4.18. The maximum Gasteiger partial charge on any atom is 0.267 e. The van der Waals surface area contributed by atoms with Gasteiger partial charge in [0, 0.05) is 32.4 Å². The Morgan fingerprint density at radius 2 is 1.84 bits per heavy atom. The van der Waals surface area contributed by atoms with E-state index in [1.54, 1.807) is 27.8 Å². The molecule has 37 heavy (non-hydrogen) atoms. The van der Waals surface area contributed by atoms with Crippen LogP contribution in [0.4, 0.5) is 0 Å². The second-order valence-corrected chi connectivity index (χ2v) is 9.45. The van der Waals surface area contributed by atoms with Gasteiger partial charge in [-0.1, -0.05) is 19.1 Å². The molecule has 0 spiro atoms. The van der Waals surface area contributed by atoms with Gasteiger partial charge in [-0.05, 0) is 48.9 Å². The maximum atomic E-state index is 13.7. The predicted molar refractivity (Wildman–Crippen MR) is 137 cm³/mol. The van der Waals surface area contributed by atoms with Crippen molar-refractivity contribution < 1.29 is 14.3 Å². The first-order valence-electron chi connectivity index (χ1n) is 12.4. The van der Waals surface area contributed by atoms with Crippen LogP contribution >= 0.6 is 0 Å². The summed E-state index contributed by atoms with van der Waals surface area (Å²) in [5.74, 6) is 1.05. The van der Waals surface area contributed by atoms with Gasteiger partial charge >= 0.3 is 0 Å². The van der Waals surface area contributed by atoms with E-state index < -0.39 is 0 Å². The minimum atomic E-state index is -0.270. The molecule has 1 saturated heterocycles. The molecule has 0 aliphatic carbocycles. The number of fused-ring (bicyclic) bond motifs is 3. The lowest BCUT2D eigenvalue weighted by Crippen LogP contribution is -2.49. The Kier molecular flexibility index (Phi) is 5.68. The Bertz CT molecular complexity index is 1670. The van der Waals surface area contributed by atoms with Gasteiger partial charge in [0.15, 0.2) is 11.5 Å². The fourth-order valence-electron chi connectivity index (χ4n) is 5.07. The van der Waals surface area contributed by atoms with Gasteiger partial charge < -0.3 is 23.8 Å². The highest BCUT2D eigenvalue weighted by Crippen LogP contribution is 2.32. The van der Waals surface area contributed by atoms with Crippen LogP contribution in [0.15, 0.2) is 47.4 Å². The number of aromatic nitrogens is 3. The number of aryl methyl sites for hydroxylation is 1. The van der Waals surface area contributed by atoms with E-state index in [1.165, 1.54) is 4.40 Å². The molecule has 0 saturated carbocycles. The zero-order valence-electron chi connectivity index (χ0n) is 20.9. The van der Waals surface area contributed by atoms with E-state index in [-0.39, 0.29) is 35.9 Å². The molecule has 3 aromatic heterocycles. The van der Waals surface area contributed by atoms with Crippen LogP contribution in [0.5, 0.6) is 11.5 Å². The lowest BCUT2D eigenvalue weighted by Gasteiger charge is -2.34. The second kappa shape index (κ2) is 9.04. The molecule has 190 valence electrons. The standard InChI is InChI=1S/C27H28N6O4/c1-3-30-9-11-31(12-10-30)26(34)19-14-20-25(29-24-17(2)5-4-8-32(24)27(20)35)33(23(19)28)15-18-6-7-21-22(13-18)37-16-36-21/h4-8,13-14,28H,3,9-12,15-16H2,1-2H3. The molecule has 5 heterocycles. The van der Waals surface area contributed by atoms with Crippen molar-refractivity contribution in [1.29, 1.82) is 5.41 Å². The Labute approximate surface area is 212 Å². The summed E-state index contributed by atoms with van der Waals surface area (Å²) in [5, 5.41) is 9.39. The van der Waals surface area contributed by atoms with E-state index in [4.69, 9.17) is 19.9 Å². The molecule has 0 unspecified atom stereocenters. The highest BCUT2D eigenvalue weighted by Gasteiger charge is 2.25. The summed E-state index contributed by atoms with van der Waals surface area (Å²) in [5.41, 5.74) is 2.53. The SMILES string of the molecule is CCN1CCN(C(=O)c2cc3c(=O)n4cccc(C)c4nc3n(Cc3ccc4c(c3)OCO4)c2=N)CC1. The van der Waals surface area contributed by atoms with Crippen LogP contribution < -0.4 is 20.5 Å². The third kappa shape index (κ3) is 3.93. The topological polar surface area (TPSA) is 105 Å². The number of hydrogen-bond donors (Lipinski definition) is 1. The molecule has 4 aromatic rings. The van der Waals surface area contributed by atoms with Crippen LogP contribution in [0.2, 0.25) is 0 Å². The summed E-state index contributed by atoms with van der Waals surface area (Å²) < 4.78 is 14.1. The zero-order valence-corrected chi connectivity index (χ0v) is 20.9. The van der Waals surface area contributed by atoms with Gasteiger partial charge in [0.25, 0.3) is 11.5 Å². The van der Waals surface area contributed by atoms with Crippen molar-refractivity contribution in [1.82, 2.24) is 23.8 Å². The van der Waals surface area contributed by atoms with Crippen LogP contribution in [0.1, 0.15) is 28.4 Å². The summed E-state index contributed by atoms with van der Waals surface area (Å²) in [7, 11) is 0. The second-order valence-electron chi connectivity index (χ2n) is 9.45. The van der Waals surface area contributed by atoms with E-state index in [9.17, 15) is 9.59 Å². The van der Waals surface area contributed by atoms with Crippen LogP contribution in [0.3, 0.4) is 0 Å². The van der Waals surface area contributed by atoms with E-state index >= 15 is 0 Å². The van der Waals surface area contributed by atoms with Crippen LogP contribution in [-0.2, 0) is 6.54 Å². The first kappa shape index (κ1) is 23.2. The number of nitrogens with zero attached hydrogens (tertiary/aromatic N) is 5. The molecule has 0 atom stereocenters. The monoisotopic (exact) mass is 500 g/mol. The number of rotatable bonds is 4. The van der Waals surface area contributed by atoms with Gasteiger partial charge in [0.1, 0.15) is 16.8 Å². The molecule has 10 heteroatoms. The quantitative estimate of drug-likeness (QED) is 0.430. The summed E-state index contributed by atoms with van der Waals surface area (Å²) in [4.78, 5) is 36.2. The Balaban J connectivity index is 1.53. The fourth-order valence-corrected chi connectivity index (χ4v) is 5.07. The normalized spacial score (nSPS) is 15.6. The number of ether oxygens (including phenoxy) is 2. The fraction of sp³-hybridized carbons (Fsp3) is 0.333. The van der Waals surface area contributed by atoms with E-state index in [1.807, 2.05) is 31.2 Å². The molecule has 2 aliphatic rings. The van der Waals surface area contributed by atoms with Gasteiger partial charge in [-0.3, -0.25) is 19.4 Å². The minimum Gasteiger partial charge on any atom is -0.454 e. The molecule has 2 aliphatic heterocycles. The molecular weight excluding hydrogens is 472 g/mol. The van der Waals surface area contributed by atoms with Crippen LogP contribution in [-0.4, -0.2) is 69.2 Å². The number of amides is 1. The van der Waals surface area contributed by atoms with Crippen LogP contribution in [0, 0.1) is 12.3 Å². The van der Waals surface area contributed by atoms with Crippen molar-refractivity contribution in [3.63, 3.8) is 0 Å². The number of carbonyl (C=O) groups excluding carboxylic acids is 1. The Morgan fingerprint density at radius 1 is 1.05 bits per heavy atom. The van der Waals surface area contributed by atoms with Gasteiger partial charge in [-0.25, -0.2) is 4.98 Å². The number of benzene rings is 1. The summed E-state index contributed by atoms with van der Waals surface area (Å²) >= 11 is 0. The molecule has 1 aromatic carbocycles. The van der Waals surface area contributed by atoms with Crippen molar-refractivity contribution in [3.8, 4) is 11.5 Å². The average molecular weight is 501 g/mol. The smallest absolute Gasteiger partial charge is 0.267 e. The number of carbonyl (C=O) groups is 1. The predicted octanol–water partition coefficient (Wildman–Crippen LogP) is 1.99. The lowest BCUT2D eigenvalue weighted by molar-refractivity contribution is 0.0640. The summed E-state index contributed by atoms with van der Waals surface area (Å²) in [6, 6.07) is 10.8. The number of nitrogens with one attached hydrogen (secondary N) is 1. The molecule has 10 nitrogen and oxygen atoms in total. The first-order valence-corrected chi connectivity index (χ1v) is 12.4. The third-order valence-electron chi connectivity index (χ3n) is 7.25. The van der Waals surface area contributed by atoms with E-state index in [0.717, 1.165) is 30.8 Å². The van der Waals surface area contributed by atoms with Gasteiger partial charge in [-0.2, -0.15) is 0 Å². The van der Waals surface area contributed by atoms with Gasteiger partial charge in [0.05, 0.1) is 17.5 Å². The third-order valence-corrected chi connectivity index (χ3v) is 7.25. The molecule has 1 fully saturated rings. The molecule has 1 amide bonds. The van der Waals surface area contributed by atoms with E-state index in [2.05, 4.69) is 11.8 Å².